The largest absolute Gasteiger partial charge is 0.395 e. The lowest BCUT2D eigenvalue weighted by atomic mass is 10.3. The Morgan fingerprint density at radius 2 is 2.19 bits per heavy atom. The second kappa shape index (κ2) is 5.09. The minimum Gasteiger partial charge on any atom is -0.395 e. The first kappa shape index (κ1) is 13.4. The van der Waals surface area contributed by atoms with Crippen molar-refractivity contribution in [3.05, 3.63) is 29.0 Å². The molecule has 7 heteroatoms. The summed E-state index contributed by atoms with van der Waals surface area (Å²) in [5, 5.41) is 8.47. The van der Waals surface area contributed by atoms with E-state index in [4.69, 9.17) is 16.7 Å². The fourth-order valence-corrected chi connectivity index (χ4v) is 2.52. The fraction of sp³-hybridized carbons (Fsp3) is 0.333. The SMILES string of the molecule is C[C@@H](CO)NS(=O)(=O)c1ccc(F)c(Cl)c1. The van der Waals surface area contributed by atoms with Crippen molar-refractivity contribution in [3.63, 3.8) is 0 Å². The van der Waals surface area contributed by atoms with Crippen molar-refractivity contribution in [3.8, 4) is 0 Å². The number of sulfonamides is 1. The molecule has 16 heavy (non-hydrogen) atoms. The zero-order valence-corrected chi connectivity index (χ0v) is 10.0. The van der Waals surface area contributed by atoms with E-state index < -0.39 is 21.9 Å². The lowest BCUT2D eigenvalue weighted by molar-refractivity contribution is 0.265. The van der Waals surface area contributed by atoms with Gasteiger partial charge in [0, 0.05) is 6.04 Å². The van der Waals surface area contributed by atoms with Crippen molar-refractivity contribution in [2.24, 2.45) is 0 Å². The molecule has 0 saturated carbocycles. The van der Waals surface area contributed by atoms with Crippen molar-refractivity contribution in [2.75, 3.05) is 6.61 Å². The summed E-state index contributed by atoms with van der Waals surface area (Å²) >= 11 is 5.47. The van der Waals surface area contributed by atoms with Gasteiger partial charge in [0.15, 0.2) is 0 Å². The average Bonchev–Trinajstić information content (AvgIpc) is 2.21. The molecule has 2 N–H and O–H groups in total. The molecule has 1 atom stereocenters. The lowest BCUT2D eigenvalue weighted by Gasteiger charge is -2.11. The molecule has 0 amide bonds. The Kier molecular flexibility index (Phi) is 4.26. The second-order valence-corrected chi connectivity index (χ2v) is 5.40. The summed E-state index contributed by atoms with van der Waals surface area (Å²) in [4.78, 5) is -0.140. The fourth-order valence-electron chi connectivity index (χ4n) is 1.01. The zero-order valence-electron chi connectivity index (χ0n) is 8.44. The number of benzene rings is 1. The zero-order chi connectivity index (χ0) is 12.3. The predicted octanol–water partition coefficient (Wildman–Crippen LogP) is 1.14. The second-order valence-electron chi connectivity index (χ2n) is 3.28. The molecule has 0 bridgehead atoms. The summed E-state index contributed by atoms with van der Waals surface area (Å²) in [7, 11) is -3.77. The molecule has 0 aliphatic rings. The third kappa shape index (κ3) is 3.15. The molecule has 0 aliphatic carbocycles. The quantitative estimate of drug-likeness (QED) is 0.860. The van der Waals surface area contributed by atoms with Gasteiger partial charge in [-0.05, 0) is 25.1 Å². The first-order valence-electron chi connectivity index (χ1n) is 4.45. The smallest absolute Gasteiger partial charge is 0.240 e. The summed E-state index contributed by atoms with van der Waals surface area (Å²) in [6.45, 7) is 1.18. The Morgan fingerprint density at radius 3 is 2.69 bits per heavy atom. The highest BCUT2D eigenvalue weighted by Gasteiger charge is 2.18. The van der Waals surface area contributed by atoms with E-state index in [0.717, 1.165) is 18.2 Å². The van der Waals surface area contributed by atoms with E-state index in [1.807, 2.05) is 0 Å². The minimum atomic E-state index is -3.77. The highest BCUT2D eigenvalue weighted by Crippen LogP contribution is 2.19. The third-order valence-corrected chi connectivity index (χ3v) is 3.71. The van der Waals surface area contributed by atoms with Gasteiger partial charge in [-0.3, -0.25) is 0 Å². The Balaban J connectivity index is 3.03. The van der Waals surface area contributed by atoms with Crippen LogP contribution in [0.4, 0.5) is 4.39 Å². The van der Waals surface area contributed by atoms with E-state index in [9.17, 15) is 12.8 Å². The van der Waals surface area contributed by atoms with Crippen LogP contribution in [0, 0.1) is 5.82 Å². The van der Waals surface area contributed by atoms with Crippen LogP contribution in [-0.2, 0) is 10.0 Å². The molecular formula is C9H11ClFNO3S. The van der Waals surface area contributed by atoms with E-state index in [1.54, 1.807) is 0 Å². The topological polar surface area (TPSA) is 66.4 Å². The van der Waals surface area contributed by atoms with Gasteiger partial charge in [0.1, 0.15) is 5.82 Å². The summed E-state index contributed by atoms with van der Waals surface area (Å²) in [6.07, 6.45) is 0. The number of nitrogens with one attached hydrogen (secondary N) is 1. The molecule has 1 aromatic carbocycles. The van der Waals surface area contributed by atoms with Gasteiger partial charge in [0.2, 0.25) is 10.0 Å². The van der Waals surface area contributed by atoms with Gasteiger partial charge in [0.05, 0.1) is 16.5 Å². The lowest BCUT2D eigenvalue weighted by Crippen LogP contribution is -2.35. The minimum absolute atomic E-state index is 0.140. The van der Waals surface area contributed by atoms with E-state index >= 15 is 0 Å². The van der Waals surface area contributed by atoms with Gasteiger partial charge >= 0.3 is 0 Å². The maximum atomic E-state index is 12.8. The molecule has 1 rings (SSSR count). The number of aliphatic hydroxyl groups is 1. The van der Waals surface area contributed by atoms with Crippen LogP contribution in [0.25, 0.3) is 0 Å². The van der Waals surface area contributed by atoms with Crippen molar-refractivity contribution in [1.82, 2.24) is 4.72 Å². The summed E-state index contributed by atoms with van der Waals surface area (Å²) in [5.41, 5.74) is 0. The van der Waals surface area contributed by atoms with Crippen LogP contribution >= 0.6 is 11.6 Å². The average molecular weight is 268 g/mol. The maximum absolute atomic E-state index is 12.8. The molecule has 0 aromatic heterocycles. The summed E-state index contributed by atoms with van der Waals surface area (Å²) in [5.74, 6) is -0.684. The van der Waals surface area contributed by atoms with Crippen LogP contribution in [-0.4, -0.2) is 26.2 Å². The van der Waals surface area contributed by atoms with E-state index in [2.05, 4.69) is 4.72 Å². The maximum Gasteiger partial charge on any atom is 0.240 e. The third-order valence-electron chi connectivity index (χ3n) is 1.83. The molecule has 0 saturated heterocycles. The molecule has 0 unspecified atom stereocenters. The normalized spacial score (nSPS) is 13.8. The summed E-state index contributed by atoms with van der Waals surface area (Å²) < 4.78 is 38.4. The van der Waals surface area contributed by atoms with E-state index in [0.29, 0.717) is 0 Å². The molecule has 0 aliphatic heterocycles. The van der Waals surface area contributed by atoms with Gasteiger partial charge in [0.25, 0.3) is 0 Å². The molecule has 4 nitrogen and oxygen atoms in total. The Bertz CT molecular complexity index is 478. The van der Waals surface area contributed by atoms with Gasteiger partial charge < -0.3 is 5.11 Å². The number of hydrogen-bond donors (Lipinski definition) is 2. The predicted molar refractivity (Wildman–Crippen MR) is 58.3 cm³/mol. The molecule has 0 spiro atoms. The standard InChI is InChI=1S/C9H11ClFNO3S/c1-6(5-13)12-16(14,15)7-2-3-9(11)8(10)4-7/h2-4,6,12-13H,5H2,1H3/t6-/m0/s1. The number of hydrogen-bond acceptors (Lipinski definition) is 3. The van der Waals surface area contributed by atoms with Crippen LogP contribution in [0.15, 0.2) is 23.1 Å². The van der Waals surface area contributed by atoms with Gasteiger partial charge in [-0.25, -0.2) is 17.5 Å². The van der Waals surface area contributed by atoms with Crippen molar-refractivity contribution in [2.45, 2.75) is 17.9 Å². The number of aliphatic hydroxyl groups excluding tert-OH is 1. The molecule has 90 valence electrons. The van der Waals surface area contributed by atoms with Crippen LogP contribution in [0.3, 0.4) is 0 Å². The highest BCUT2D eigenvalue weighted by molar-refractivity contribution is 7.89. The van der Waals surface area contributed by atoms with Gasteiger partial charge in [-0.2, -0.15) is 0 Å². The number of rotatable bonds is 4. The first-order valence-corrected chi connectivity index (χ1v) is 6.31. The molecule has 0 fully saturated rings. The molecule has 0 heterocycles. The Morgan fingerprint density at radius 1 is 1.56 bits per heavy atom. The van der Waals surface area contributed by atoms with Gasteiger partial charge in [-0.15, -0.1) is 0 Å². The first-order chi connectivity index (χ1) is 7.36. The highest BCUT2D eigenvalue weighted by atomic mass is 35.5. The number of halogens is 2. The van der Waals surface area contributed by atoms with Gasteiger partial charge in [-0.1, -0.05) is 11.6 Å². The van der Waals surface area contributed by atoms with Crippen LogP contribution in [0.5, 0.6) is 0 Å². The molecule has 0 radical (unpaired) electrons. The van der Waals surface area contributed by atoms with Crippen molar-refractivity contribution < 1.29 is 17.9 Å². The Labute approximate surface area is 98.1 Å². The monoisotopic (exact) mass is 267 g/mol. The van der Waals surface area contributed by atoms with E-state index in [1.165, 1.54) is 6.92 Å². The van der Waals surface area contributed by atoms with Crippen LogP contribution in [0.2, 0.25) is 5.02 Å². The molecule has 1 aromatic rings. The van der Waals surface area contributed by atoms with Crippen molar-refractivity contribution in [1.29, 1.82) is 0 Å². The molecular weight excluding hydrogens is 257 g/mol. The van der Waals surface area contributed by atoms with Crippen LogP contribution in [0.1, 0.15) is 6.92 Å². The Hall–Kier alpha value is -0.690. The van der Waals surface area contributed by atoms with E-state index in [-0.39, 0.29) is 16.5 Å². The summed E-state index contributed by atoms with van der Waals surface area (Å²) in [6, 6.07) is 2.48. The van der Waals surface area contributed by atoms with Crippen molar-refractivity contribution >= 4 is 21.6 Å². The van der Waals surface area contributed by atoms with Crippen LogP contribution < -0.4 is 4.72 Å².